The van der Waals surface area contributed by atoms with Crippen molar-refractivity contribution in [2.75, 3.05) is 20.3 Å². The van der Waals surface area contributed by atoms with Crippen LogP contribution < -0.4 is 5.32 Å². The van der Waals surface area contributed by atoms with E-state index in [0.29, 0.717) is 13.2 Å². The summed E-state index contributed by atoms with van der Waals surface area (Å²) in [6.45, 7) is 0.967. The minimum Gasteiger partial charge on any atom is -0.383 e. The van der Waals surface area contributed by atoms with Gasteiger partial charge in [0.25, 0.3) is 0 Å². The number of benzene rings is 2. The molecule has 0 unspecified atom stereocenters. The van der Waals surface area contributed by atoms with E-state index >= 15 is 0 Å². The van der Waals surface area contributed by atoms with Crippen LogP contribution >= 0.6 is 11.8 Å². The normalized spacial score (nSPS) is 11.0. The number of carbonyl (C=O) groups excluding carboxylic acids is 1. The highest BCUT2D eigenvalue weighted by molar-refractivity contribution is 7.99. The van der Waals surface area contributed by atoms with Gasteiger partial charge in [-0.3, -0.25) is 4.79 Å². The average Bonchev–Trinajstić information content (AvgIpc) is 2.95. The summed E-state index contributed by atoms with van der Waals surface area (Å²) >= 11 is 1.49. The highest BCUT2D eigenvalue weighted by Gasteiger charge is 2.15. The van der Waals surface area contributed by atoms with Crippen LogP contribution in [0, 0.1) is 5.82 Å². The van der Waals surface area contributed by atoms with Crippen molar-refractivity contribution in [3.63, 3.8) is 0 Å². The number of ether oxygens (including phenoxy) is 1. The van der Waals surface area contributed by atoms with E-state index in [4.69, 9.17) is 4.74 Å². The predicted molar refractivity (Wildman–Crippen MR) is 97.4 cm³/mol. The smallest absolute Gasteiger partial charge is 0.224 e. The maximum absolute atomic E-state index is 13.1. The number of carbonyl (C=O) groups is 1. The molecule has 0 aliphatic heterocycles. The first-order chi connectivity index (χ1) is 12.2. The molecular weight excluding hydrogens is 339 g/mol. The average molecular weight is 358 g/mol. The summed E-state index contributed by atoms with van der Waals surface area (Å²) in [5.74, 6) is -0.318. The number of nitrogens with one attached hydrogen (secondary N) is 2. The lowest BCUT2D eigenvalue weighted by Crippen LogP contribution is -2.28. The number of hydrogen-bond donors (Lipinski definition) is 2. The van der Waals surface area contributed by atoms with Crippen molar-refractivity contribution in [3.05, 3.63) is 59.9 Å². The molecule has 0 fully saturated rings. The first kappa shape index (κ1) is 17.5. The van der Waals surface area contributed by atoms with Crippen LogP contribution in [-0.2, 0) is 16.0 Å². The lowest BCUT2D eigenvalue weighted by molar-refractivity contribution is -0.120. The fourth-order valence-electron chi connectivity index (χ4n) is 2.57. The number of H-pyrrole nitrogens is 1. The zero-order chi connectivity index (χ0) is 17.6. The van der Waals surface area contributed by atoms with Gasteiger partial charge in [0.15, 0.2) is 0 Å². The molecular formula is C19H19FN2O2S. The molecule has 0 spiro atoms. The van der Waals surface area contributed by atoms with Gasteiger partial charge in [-0.1, -0.05) is 30.0 Å². The maximum atomic E-state index is 13.1. The minimum absolute atomic E-state index is 0.0530. The van der Waals surface area contributed by atoms with Crippen LogP contribution in [0.2, 0.25) is 0 Å². The molecule has 2 N–H and O–H groups in total. The second-order valence-electron chi connectivity index (χ2n) is 5.55. The number of hydrogen-bond acceptors (Lipinski definition) is 3. The van der Waals surface area contributed by atoms with Gasteiger partial charge in [-0.25, -0.2) is 4.39 Å². The number of para-hydroxylation sites is 1. The molecule has 0 aliphatic rings. The van der Waals surface area contributed by atoms with E-state index in [-0.39, 0.29) is 18.1 Å². The van der Waals surface area contributed by atoms with Gasteiger partial charge in [-0.15, -0.1) is 0 Å². The molecule has 0 radical (unpaired) electrons. The first-order valence-electron chi connectivity index (χ1n) is 7.96. The Hall–Kier alpha value is -2.31. The number of rotatable bonds is 7. The zero-order valence-corrected chi connectivity index (χ0v) is 14.7. The van der Waals surface area contributed by atoms with Crippen molar-refractivity contribution < 1.29 is 13.9 Å². The highest BCUT2D eigenvalue weighted by atomic mass is 32.2. The van der Waals surface area contributed by atoms with E-state index in [1.54, 1.807) is 19.2 Å². The number of amides is 1. The van der Waals surface area contributed by atoms with Gasteiger partial charge in [-0.05, 0) is 30.3 Å². The largest absolute Gasteiger partial charge is 0.383 e. The zero-order valence-electron chi connectivity index (χ0n) is 13.8. The maximum Gasteiger partial charge on any atom is 0.224 e. The van der Waals surface area contributed by atoms with Crippen molar-refractivity contribution in [2.24, 2.45) is 0 Å². The van der Waals surface area contributed by atoms with E-state index in [9.17, 15) is 9.18 Å². The standard InChI is InChI=1S/C19H19FN2O2S/c1-24-11-10-21-18(23)12-16-15-4-2-3-5-17(15)22-19(16)25-14-8-6-13(20)7-9-14/h2-9,22H,10-12H2,1H3,(H,21,23). The lowest BCUT2D eigenvalue weighted by atomic mass is 10.1. The second kappa shape index (κ2) is 8.18. The highest BCUT2D eigenvalue weighted by Crippen LogP contribution is 2.34. The van der Waals surface area contributed by atoms with Gasteiger partial charge in [0.1, 0.15) is 5.82 Å². The molecule has 0 aliphatic carbocycles. The Balaban J connectivity index is 1.86. The minimum atomic E-state index is -0.265. The molecule has 0 saturated carbocycles. The Bertz CT molecular complexity index is 861. The van der Waals surface area contributed by atoms with Crippen molar-refractivity contribution in [1.29, 1.82) is 0 Å². The van der Waals surface area contributed by atoms with Crippen LogP contribution in [-0.4, -0.2) is 31.2 Å². The number of halogens is 1. The van der Waals surface area contributed by atoms with Crippen molar-refractivity contribution in [3.8, 4) is 0 Å². The third-order valence-electron chi connectivity index (χ3n) is 3.77. The second-order valence-corrected chi connectivity index (χ2v) is 6.64. The molecule has 6 heteroatoms. The molecule has 1 amide bonds. The molecule has 2 aromatic carbocycles. The Morgan fingerprint density at radius 1 is 1.20 bits per heavy atom. The Kier molecular flexibility index (Phi) is 5.73. The molecule has 3 aromatic rings. The Labute approximate surface area is 149 Å². The summed E-state index contributed by atoms with van der Waals surface area (Å²) in [7, 11) is 1.60. The summed E-state index contributed by atoms with van der Waals surface area (Å²) < 4.78 is 18.1. The predicted octanol–water partition coefficient (Wildman–Crippen LogP) is 3.76. The quantitative estimate of drug-likeness (QED) is 0.632. The van der Waals surface area contributed by atoms with Crippen LogP contribution in [0.1, 0.15) is 5.56 Å². The lowest BCUT2D eigenvalue weighted by Gasteiger charge is -2.07. The molecule has 25 heavy (non-hydrogen) atoms. The molecule has 4 nitrogen and oxygen atoms in total. The molecule has 1 heterocycles. The van der Waals surface area contributed by atoms with Crippen molar-refractivity contribution in [2.45, 2.75) is 16.3 Å². The van der Waals surface area contributed by atoms with Crippen molar-refractivity contribution >= 4 is 28.6 Å². The van der Waals surface area contributed by atoms with Crippen LogP contribution in [0.5, 0.6) is 0 Å². The Morgan fingerprint density at radius 2 is 1.96 bits per heavy atom. The van der Waals surface area contributed by atoms with E-state index in [0.717, 1.165) is 26.4 Å². The summed E-state index contributed by atoms with van der Waals surface area (Å²) in [5.41, 5.74) is 1.92. The monoisotopic (exact) mass is 358 g/mol. The summed E-state index contributed by atoms with van der Waals surface area (Å²) in [6, 6.07) is 14.2. The fraction of sp³-hybridized carbons (Fsp3) is 0.211. The van der Waals surface area contributed by atoms with Crippen LogP contribution in [0.4, 0.5) is 4.39 Å². The third kappa shape index (κ3) is 4.41. The van der Waals surface area contributed by atoms with Gasteiger partial charge in [0.2, 0.25) is 5.91 Å². The number of methoxy groups -OCH3 is 1. The van der Waals surface area contributed by atoms with Crippen LogP contribution in [0.15, 0.2) is 58.5 Å². The molecule has 3 rings (SSSR count). The van der Waals surface area contributed by atoms with E-state index in [1.165, 1.54) is 23.9 Å². The summed E-state index contributed by atoms with van der Waals surface area (Å²) in [4.78, 5) is 16.5. The fourth-order valence-corrected chi connectivity index (χ4v) is 3.55. The van der Waals surface area contributed by atoms with E-state index < -0.39 is 0 Å². The first-order valence-corrected chi connectivity index (χ1v) is 8.77. The Morgan fingerprint density at radius 3 is 2.72 bits per heavy atom. The van der Waals surface area contributed by atoms with Gasteiger partial charge >= 0.3 is 0 Å². The van der Waals surface area contributed by atoms with Gasteiger partial charge in [0, 0.05) is 35.0 Å². The summed E-state index contributed by atoms with van der Waals surface area (Å²) in [6.07, 6.45) is 0.275. The molecule has 1 aromatic heterocycles. The molecule has 130 valence electrons. The number of fused-ring (bicyclic) bond motifs is 1. The molecule has 0 atom stereocenters. The van der Waals surface area contributed by atoms with Gasteiger partial charge in [-0.2, -0.15) is 0 Å². The molecule has 0 saturated heterocycles. The van der Waals surface area contributed by atoms with E-state index in [2.05, 4.69) is 10.3 Å². The number of aromatic amines is 1. The summed E-state index contributed by atoms with van der Waals surface area (Å²) in [5, 5.41) is 4.77. The molecule has 0 bridgehead atoms. The topological polar surface area (TPSA) is 54.1 Å². The van der Waals surface area contributed by atoms with Gasteiger partial charge < -0.3 is 15.0 Å². The SMILES string of the molecule is COCCNC(=O)Cc1c(Sc2ccc(F)cc2)[nH]c2ccccc12. The number of aromatic nitrogens is 1. The third-order valence-corrected chi connectivity index (χ3v) is 4.83. The van der Waals surface area contributed by atoms with E-state index in [1.807, 2.05) is 24.3 Å². The van der Waals surface area contributed by atoms with Gasteiger partial charge in [0.05, 0.1) is 18.1 Å². The van der Waals surface area contributed by atoms with Crippen LogP contribution in [0.3, 0.4) is 0 Å². The van der Waals surface area contributed by atoms with Crippen molar-refractivity contribution in [1.82, 2.24) is 10.3 Å². The van der Waals surface area contributed by atoms with Crippen LogP contribution in [0.25, 0.3) is 10.9 Å².